The molecule has 2 N–H and O–H groups in total. The Kier molecular flexibility index (Phi) is 5.13. The Bertz CT molecular complexity index is 408. The Labute approximate surface area is 113 Å². The third-order valence-corrected chi connectivity index (χ3v) is 3.45. The fourth-order valence-electron chi connectivity index (χ4n) is 2.38. The zero-order valence-corrected chi connectivity index (χ0v) is 11.4. The summed E-state index contributed by atoms with van der Waals surface area (Å²) in [6, 6.07) is 5.49. The monoisotopic (exact) mass is 268 g/mol. The summed E-state index contributed by atoms with van der Waals surface area (Å²) < 4.78 is 24.1. The van der Waals surface area contributed by atoms with Crippen molar-refractivity contribution < 1.29 is 13.9 Å². The van der Waals surface area contributed by atoms with Crippen LogP contribution in [0.2, 0.25) is 0 Å². The standard InChI is InChI=1S/C14H21FN2O2/c1-16-13(8-11-9-19-6-5-17-11)10-3-4-14(18-2)12(15)7-10/h3-4,7,11,13,16-17H,5-6,8-9H2,1-2H3. The van der Waals surface area contributed by atoms with Gasteiger partial charge in [-0.05, 0) is 31.2 Å². The number of benzene rings is 1. The fraction of sp³-hybridized carbons (Fsp3) is 0.571. The number of hydrogen-bond acceptors (Lipinski definition) is 4. The fourth-order valence-corrected chi connectivity index (χ4v) is 2.38. The zero-order chi connectivity index (χ0) is 13.7. The molecule has 2 atom stereocenters. The van der Waals surface area contributed by atoms with Crippen molar-refractivity contribution in [1.29, 1.82) is 0 Å². The summed E-state index contributed by atoms with van der Waals surface area (Å²) >= 11 is 0. The minimum atomic E-state index is -0.326. The van der Waals surface area contributed by atoms with Crippen molar-refractivity contribution in [2.24, 2.45) is 0 Å². The predicted molar refractivity (Wildman–Crippen MR) is 72.0 cm³/mol. The van der Waals surface area contributed by atoms with E-state index in [0.29, 0.717) is 12.6 Å². The van der Waals surface area contributed by atoms with Crippen molar-refractivity contribution in [2.75, 3.05) is 33.9 Å². The van der Waals surface area contributed by atoms with Crippen LogP contribution in [0.3, 0.4) is 0 Å². The maximum Gasteiger partial charge on any atom is 0.165 e. The molecular weight excluding hydrogens is 247 g/mol. The normalized spacial score (nSPS) is 21.1. The van der Waals surface area contributed by atoms with Crippen molar-refractivity contribution in [3.63, 3.8) is 0 Å². The van der Waals surface area contributed by atoms with E-state index in [1.54, 1.807) is 6.07 Å². The van der Waals surface area contributed by atoms with E-state index in [-0.39, 0.29) is 17.6 Å². The molecule has 5 heteroatoms. The van der Waals surface area contributed by atoms with Crippen molar-refractivity contribution in [3.05, 3.63) is 29.6 Å². The first kappa shape index (κ1) is 14.2. The first-order chi connectivity index (χ1) is 9.24. The second-order valence-electron chi connectivity index (χ2n) is 4.70. The van der Waals surface area contributed by atoms with Gasteiger partial charge >= 0.3 is 0 Å². The van der Waals surface area contributed by atoms with Gasteiger partial charge in [0.25, 0.3) is 0 Å². The van der Waals surface area contributed by atoms with Gasteiger partial charge in [0.2, 0.25) is 0 Å². The van der Waals surface area contributed by atoms with E-state index >= 15 is 0 Å². The van der Waals surface area contributed by atoms with Gasteiger partial charge in [0.15, 0.2) is 11.6 Å². The van der Waals surface area contributed by atoms with Crippen molar-refractivity contribution in [3.8, 4) is 5.75 Å². The van der Waals surface area contributed by atoms with Crippen LogP contribution in [-0.2, 0) is 4.74 Å². The second-order valence-corrected chi connectivity index (χ2v) is 4.70. The minimum absolute atomic E-state index is 0.0969. The molecule has 0 saturated carbocycles. The van der Waals surface area contributed by atoms with E-state index in [4.69, 9.17) is 9.47 Å². The van der Waals surface area contributed by atoms with Gasteiger partial charge < -0.3 is 20.1 Å². The molecular formula is C14H21FN2O2. The molecule has 1 saturated heterocycles. The Hall–Kier alpha value is -1.17. The molecule has 1 aliphatic heterocycles. The maximum absolute atomic E-state index is 13.7. The van der Waals surface area contributed by atoms with Gasteiger partial charge in [-0.3, -0.25) is 0 Å². The number of rotatable bonds is 5. The average molecular weight is 268 g/mol. The van der Waals surface area contributed by atoms with Crippen LogP contribution in [0.25, 0.3) is 0 Å². The third-order valence-electron chi connectivity index (χ3n) is 3.45. The third kappa shape index (κ3) is 3.65. The number of morpholine rings is 1. The number of ether oxygens (including phenoxy) is 2. The van der Waals surface area contributed by atoms with E-state index in [1.165, 1.54) is 13.2 Å². The molecule has 1 heterocycles. The molecule has 0 aliphatic carbocycles. The molecule has 1 aromatic rings. The highest BCUT2D eigenvalue weighted by atomic mass is 19.1. The van der Waals surface area contributed by atoms with Gasteiger partial charge in [0.1, 0.15) is 0 Å². The summed E-state index contributed by atoms with van der Waals surface area (Å²) in [5, 5.41) is 6.63. The van der Waals surface area contributed by atoms with Crippen LogP contribution < -0.4 is 15.4 Å². The molecule has 0 radical (unpaired) electrons. The topological polar surface area (TPSA) is 42.5 Å². The number of nitrogens with one attached hydrogen (secondary N) is 2. The maximum atomic E-state index is 13.7. The van der Waals surface area contributed by atoms with Gasteiger partial charge in [-0.2, -0.15) is 0 Å². The summed E-state index contributed by atoms with van der Waals surface area (Å²) in [6.45, 7) is 2.34. The number of methoxy groups -OCH3 is 1. The zero-order valence-electron chi connectivity index (χ0n) is 11.4. The van der Waals surface area contributed by atoms with Crippen molar-refractivity contribution in [1.82, 2.24) is 10.6 Å². The van der Waals surface area contributed by atoms with Crippen LogP contribution in [0.15, 0.2) is 18.2 Å². The molecule has 19 heavy (non-hydrogen) atoms. The lowest BCUT2D eigenvalue weighted by molar-refractivity contribution is 0.0708. The van der Waals surface area contributed by atoms with E-state index in [1.807, 2.05) is 13.1 Å². The molecule has 106 valence electrons. The summed E-state index contributed by atoms with van der Waals surface area (Å²) in [5.74, 6) is -0.0502. The molecule has 4 nitrogen and oxygen atoms in total. The van der Waals surface area contributed by atoms with Crippen LogP contribution >= 0.6 is 0 Å². The highest BCUT2D eigenvalue weighted by Gasteiger charge is 2.20. The van der Waals surface area contributed by atoms with E-state index in [9.17, 15) is 4.39 Å². The highest BCUT2D eigenvalue weighted by molar-refractivity contribution is 5.31. The Balaban J connectivity index is 2.05. The van der Waals surface area contributed by atoms with Crippen LogP contribution in [0.5, 0.6) is 5.75 Å². The quantitative estimate of drug-likeness (QED) is 0.849. The van der Waals surface area contributed by atoms with Crippen LogP contribution in [0.4, 0.5) is 4.39 Å². The molecule has 0 amide bonds. The molecule has 0 aromatic heterocycles. The van der Waals surface area contributed by atoms with Crippen molar-refractivity contribution >= 4 is 0 Å². The van der Waals surface area contributed by atoms with E-state index < -0.39 is 0 Å². The molecule has 0 bridgehead atoms. The Morgan fingerprint density at radius 2 is 2.42 bits per heavy atom. The van der Waals surface area contributed by atoms with Gasteiger partial charge in [0, 0.05) is 18.6 Å². The van der Waals surface area contributed by atoms with Crippen LogP contribution in [0, 0.1) is 5.82 Å². The molecule has 2 unspecified atom stereocenters. The lowest BCUT2D eigenvalue weighted by Gasteiger charge is -2.28. The number of halogens is 1. The molecule has 1 aromatic carbocycles. The summed E-state index contributed by atoms with van der Waals surface area (Å²) in [5.41, 5.74) is 0.924. The lowest BCUT2D eigenvalue weighted by atomic mass is 9.99. The summed E-state index contributed by atoms with van der Waals surface area (Å²) in [4.78, 5) is 0. The van der Waals surface area contributed by atoms with Gasteiger partial charge in [-0.25, -0.2) is 4.39 Å². The second kappa shape index (κ2) is 6.84. The summed E-state index contributed by atoms with van der Waals surface area (Å²) in [7, 11) is 3.35. The van der Waals surface area contributed by atoms with Crippen LogP contribution in [0.1, 0.15) is 18.0 Å². The molecule has 1 aliphatic rings. The van der Waals surface area contributed by atoms with Gasteiger partial charge in [-0.15, -0.1) is 0 Å². The Morgan fingerprint density at radius 3 is 3.00 bits per heavy atom. The van der Waals surface area contributed by atoms with E-state index in [0.717, 1.165) is 25.1 Å². The average Bonchev–Trinajstić information content (AvgIpc) is 2.46. The first-order valence-corrected chi connectivity index (χ1v) is 6.56. The SMILES string of the molecule is CNC(CC1COCCN1)c1ccc(OC)c(F)c1. The molecule has 0 spiro atoms. The molecule has 1 fully saturated rings. The smallest absolute Gasteiger partial charge is 0.165 e. The minimum Gasteiger partial charge on any atom is -0.494 e. The first-order valence-electron chi connectivity index (χ1n) is 6.56. The molecule has 2 rings (SSSR count). The predicted octanol–water partition coefficient (Wildman–Crippen LogP) is 1.47. The lowest BCUT2D eigenvalue weighted by Crippen LogP contribution is -2.43. The highest BCUT2D eigenvalue weighted by Crippen LogP contribution is 2.24. The van der Waals surface area contributed by atoms with Crippen LogP contribution in [-0.4, -0.2) is 40.0 Å². The van der Waals surface area contributed by atoms with E-state index in [2.05, 4.69) is 10.6 Å². The van der Waals surface area contributed by atoms with Gasteiger partial charge in [-0.1, -0.05) is 6.07 Å². The number of hydrogen-bond donors (Lipinski definition) is 2. The van der Waals surface area contributed by atoms with Crippen molar-refractivity contribution in [2.45, 2.75) is 18.5 Å². The Morgan fingerprint density at radius 1 is 1.58 bits per heavy atom. The summed E-state index contributed by atoms with van der Waals surface area (Å²) in [6.07, 6.45) is 0.863. The van der Waals surface area contributed by atoms with Gasteiger partial charge in [0.05, 0.1) is 20.3 Å². The largest absolute Gasteiger partial charge is 0.494 e.